The Hall–Kier alpha value is -5.60. The number of para-hydroxylation sites is 2. The molecule has 0 aliphatic carbocycles. The molecule has 0 unspecified atom stereocenters. The lowest BCUT2D eigenvalue weighted by Crippen LogP contribution is -1.97. The first kappa shape index (κ1) is 23.1. The zero-order valence-corrected chi connectivity index (χ0v) is 22.9. The predicted molar refractivity (Wildman–Crippen MR) is 178 cm³/mol. The van der Waals surface area contributed by atoms with Gasteiger partial charge in [-0.25, -0.2) is 0 Å². The Morgan fingerprint density at radius 2 is 0.952 bits per heavy atom. The number of benzene rings is 7. The highest BCUT2D eigenvalue weighted by Gasteiger charge is 2.19. The highest BCUT2D eigenvalue weighted by molar-refractivity contribution is 6.23. The second-order valence-electron chi connectivity index (χ2n) is 11.0. The van der Waals surface area contributed by atoms with Gasteiger partial charge in [-0.2, -0.15) is 0 Å². The zero-order valence-electron chi connectivity index (χ0n) is 22.9. The first-order valence-corrected chi connectivity index (χ1v) is 14.5. The lowest BCUT2D eigenvalue weighted by atomic mass is 10.0. The quantitative estimate of drug-likeness (QED) is 0.213. The second kappa shape index (κ2) is 8.95. The molecule has 9 rings (SSSR count). The summed E-state index contributed by atoms with van der Waals surface area (Å²) in [5.41, 5.74) is 12.1. The molecule has 0 radical (unpaired) electrons. The van der Waals surface area contributed by atoms with Gasteiger partial charge in [0.05, 0.1) is 27.6 Å². The van der Waals surface area contributed by atoms with E-state index in [1.807, 2.05) is 0 Å². The van der Waals surface area contributed by atoms with Gasteiger partial charge in [0.15, 0.2) is 0 Å². The number of hydrogen-bond acceptors (Lipinski definition) is 0. The van der Waals surface area contributed by atoms with Crippen LogP contribution in [0, 0.1) is 0 Å². The SMILES string of the molecule is c1ccc(-c2ccc(-n3c4cccc5ccc6c7ccc(-c8ccccc8)cc7n(c7ccccc73)c6c54)cc2)cc1. The van der Waals surface area contributed by atoms with Crippen molar-refractivity contribution in [2.24, 2.45) is 0 Å². The van der Waals surface area contributed by atoms with Crippen LogP contribution in [0.1, 0.15) is 0 Å². The second-order valence-corrected chi connectivity index (χ2v) is 11.0. The van der Waals surface area contributed by atoms with E-state index in [0.717, 1.165) is 11.2 Å². The molecule has 0 fully saturated rings. The van der Waals surface area contributed by atoms with Crippen molar-refractivity contribution in [2.75, 3.05) is 0 Å². The first-order valence-electron chi connectivity index (χ1n) is 14.5. The summed E-state index contributed by atoms with van der Waals surface area (Å²) < 4.78 is 4.93. The van der Waals surface area contributed by atoms with Crippen molar-refractivity contribution in [3.63, 3.8) is 0 Å². The molecule has 2 heteroatoms. The van der Waals surface area contributed by atoms with Crippen molar-refractivity contribution in [1.29, 1.82) is 0 Å². The van der Waals surface area contributed by atoms with Crippen LogP contribution in [0.5, 0.6) is 0 Å². The largest absolute Gasteiger partial charge is 0.308 e. The Bertz CT molecular complexity index is 2430. The van der Waals surface area contributed by atoms with E-state index in [4.69, 9.17) is 0 Å². The normalized spacial score (nSPS) is 11.8. The maximum atomic E-state index is 2.50. The van der Waals surface area contributed by atoms with Gasteiger partial charge in [-0.05, 0) is 64.0 Å². The minimum absolute atomic E-state index is 1.15. The number of hydrogen-bond donors (Lipinski definition) is 0. The summed E-state index contributed by atoms with van der Waals surface area (Å²) in [6.07, 6.45) is 0. The van der Waals surface area contributed by atoms with Gasteiger partial charge in [-0.1, -0.05) is 121 Å². The van der Waals surface area contributed by atoms with Crippen molar-refractivity contribution >= 4 is 49.1 Å². The molecule has 2 heterocycles. The summed E-state index contributed by atoms with van der Waals surface area (Å²) in [7, 11) is 0. The van der Waals surface area contributed by atoms with Crippen LogP contribution in [0.4, 0.5) is 0 Å². The molecule has 0 spiro atoms. The van der Waals surface area contributed by atoms with E-state index in [0.29, 0.717) is 0 Å². The van der Waals surface area contributed by atoms with Crippen molar-refractivity contribution in [2.45, 2.75) is 0 Å². The van der Waals surface area contributed by atoms with Crippen molar-refractivity contribution in [3.8, 4) is 27.9 Å². The van der Waals surface area contributed by atoms with Crippen LogP contribution in [-0.2, 0) is 0 Å². The van der Waals surface area contributed by atoms with E-state index in [1.165, 1.54) is 65.9 Å². The lowest BCUT2D eigenvalue weighted by molar-refractivity contribution is 1.17. The zero-order chi connectivity index (χ0) is 27.6. The molecule has 0 aliphatic rings. The Kier molecular flexibility index (Phi) is 4.93. The topological polar surface area (TPSA) is 9.34 Å². The van der Waals surface area contributed by atoms with Crippen LogP contribution in [0.15, 0.2) is 158 Å². The average Bonchev–Trinajstić information content (AvgIpc) is 3.33. The molecule has 0 saturated carbocycles. The van der Waals surface area contributed by atoms with E-state index in [9.17, 15) is 0 Å². The van der Waals surface area contributed by atoms with Crippen LogP contribution in [0.3, 0.4) is 0 Å². The van der Waals surface area contributed by atoms with Crippen molar-refractivity contribution in [3.05, 3.63) is 158 Å². The van der Waals surface area contributed by atoms with Gasteiger partial charge < -0.3 is 8.97 Å². The fraction of sp³-hybridized carbons (Fsp3) is 0. The molecule has 196 valence electrons. The van der Waals surface area contributed by atoms with Gasteiger partial charge in [0.2, 0.25) is 0 Å². The van der Waals surface area contributed by atoms with Crippen molar-refractivity contribution < 1.29 is 0 Å². The Morgan fingerprint density at radius 3 is 1.71 bits per heavy atom. The smallest absolute Gasteiger partial charge is 0.0703 e. The molecule has 0 atom stereocenters. The molecule has 7 aromatic carbocycles. The standard InChI is InChI=1S/C40H26N2/c1-3-10-27(11-4-1)29-18-22-32(23-19-29)41-35-15-7-8-16-36(35)42-38-26-31(28-12-5-2-6-13-28)21-24-33(38)34-25-20-30-14-9-17-37(41)39(30)40(34)42/h1-26H. The highest BCUT2D eigenvalue weighted by atomic mass is 15.0. The molecule has 42 heavy (non-hydrogen) atoms. The summed E-state index contributed by atoms with van der Waals surface area (Å²) in [6.45, 7) is 0. The number of rotatable bonds is 3. The van der Waals surface area contributed by atoms with E-state index in [1.54, 1.807) is 0 Å². The third-order valence-electron chi connectivity index (χ3n) is 8.69. The number of fused-ring (bicyclic) bond motifs is 5. The lowest BCUT2D eigenvalue weighted by Gasteiger charge is -2.13. The maximum absolute atomic E-state index is 2.50. The fourth-order valence-corrected chi connectivity index (χ4v) is 6.79. The van der Waals surface area contributed by atoms with E-state index in [2.05, 4.69) is 167 Å². The van der Waals surface area contributed by atoms with E-state index < -0.39 is 0 Å². The third kappa shape index (κ3) is 3.33. The van der Waals surface area contributed by atoms with Gasteiger partial charge in [0.25, 0.3) is 0 Å². The maximum Gasteiger partial charge on any atom is 0.0703 e. The third-order valence-corrected chi connectivity index (χ3v) is 8.69. The average molecular weight is 535 g/mol. The van der Waals surface area contributed by atoms with Gasteiger partial charge >= 0.3 is 0 Å². The van der Waals surface area contributed by atoms with Gasteiger partial charge in [-0.3, -0.25) is 0 Å². The fourth-order valence-electron chi connectivity index (χ4n) is 6.79. The van der Waals surface area contributed by atoms with E-state index in [-0.39, 0.29) is 0 Å². The summed E-state index contributed by atoms with van der Waals surface area (Å²) in [6, 6.07) is 57.3. The predicted octanol–water partition coefficient (Wildman–Crippen LogP) is 10.7. The summed E-state index contributed by atoms with van der Waals surface area (Å²) in [5.74, 6) is 0. The van der Waals surface area contributed by atoms with Crippen LogP contribution in [0.25, 0.3) is 77.1 Å². The van der Waals surface area contributed by atoms with Gasteiger partial charge in [0, 0.05) is 21.8 Å². The molecule has 0 saturated heterocycles. The van der Waals surface area contributed by atoms with Gasteiger partial charge in [0.1, 0.15) is 0 Å². The minimum atomic E-state index is 1.15. The first-order chi connectivity index (χ1) is 20.8. The van der Waals surface area contributed by atoms with Crippen LogP contribution < -0.4 is 0 Å². The molecule has 0 amide bonds. The molecule has 0 N–H and O–H groups in total. The van der Waals surface area contributed by atoms with Crippen LogP contribution in [0.2, 0.25) is 0 Å². The molecule has 9 aromatic rings. The van der Waals surface area contributed by atoms with Crippen LogP contribution in [-0.4, -0.2) is 8.97 Å². The minimum Gasteiger partial charge on any atom is -0.308 e. The Morgan fingerprint density at radius 1 is 0.357 bits per heavy atom. The summed E-state index contributed by atoms with van der Waals surface area (Å²) in [4.78, 5) is 0. The molecule has 2 nitrogen and oxygen atoms in total. The molecule has 0 bridgehead atoms. The molecular weight excluding hydrogens is 508 g/mol. The van der Waals surface area contributed by atoms with Crippen LogP contribution >= 0.6 is 0 Å². The molecular formula is C40H26N2. The summed E-state index contributed by atoms with van der Waals surface area (Å²) >= 11 is 0. The Balaban J connectivity index is 1.44. The Labute approximate surface area is 243 Å². The molecule has 2 aromatic heterocycles. The van der Waals surface area contributed by atoms with Gasteiger partial charge in [-0.15, -0.1) is 0 Å². The molecule has 0 aliphatic heterocycles. The monoisotopic (exact) mass is 534 g/mol. The number of nitrogens with zero attached hydrogens (tertiary/aromatic N) is 2. The highest BCUT2D eigenvalue weighted by Crippen LogP contribution is 2.40. The summed E-state index contributed by atoms with van der Waals surface area (Å²) in [5, 5.41) is 5.07. The van der Waals surface area contributed by atoms with E-state index >= 15 is 0 Å². The number of aromatic nitrogens is 2. The van der Waals surface area contributed by atoms with Crippen molar-refractivity contribution in [1.82, 2.24) is 8.97 Å².